The van der Waals surface area contributed by atoms with Crippen LogP contribution in [-0.2, 0) is 57.7 Å². The summed E-state index contributed by atoms with van der Waals surface area (Å²) in [5.41, 5.74) is 16.4. The third-order valence-corrected chi connectivity index (χ3v) is 21.9. The zero-order valence-electron chi connectivity index (χ0n) is 77.2. The first-order valence-electron chi connectivity index (χ1n) is 42.6. The number of hydrogen-bond acceptors (Lipinski definition) is 21. The molecule has 0 aliphatic carbocycles. The number of thiazole rings is 2. The maximum Gasteiger partial charge on any atom is 0.573 e. The molecular formula is C95H111B3BrClF9N9O14S2. The number of methoxy groups -OCH3 is 2. The molecule has 134 heavy (non-hydrogen) atoms. The minimum Gasteiger partial charge on any atom is -0.497 e. The van der Waals surface area contributed by atoms with Gasteiger partial charge in [-0.2, -0.15) is 4.99 Å². The Morgan fingerprint density at radius 2 is 0.836 bits per heavy atom. The summed E-state index contributed by atoms with van der Waals surface area (Å²) in [7, 11) is 2.40. The average Bonchev–Trinajstić information content (AvgIpc) is 1.63. The lowest BCUT2D eigenvalue weighted by Gasteiger charge is -2.33. The molecule has 3 saturated heterocycles. The number of aliphatic imine (C=N–C) groups is 1. The van der Waals surface area contributed by atoms with E-state index in [9.17, 15) is 53.9 Å². The Hall–Kier alpha value is -10.3. The van der Waals surface area contributed by atoms with Crippen LogP contribution in [-0.4, -0.2) is 156 Å². The van der Waals surface area contributed by atoms with E-state index in [2.05, 4.69) is 154 Å². The molecule has 0 bridgehead atoms. The van der Waals surface area contributed by atoms with Crippen LogP contribution in [0.1, 0.15) is 119 Å². The van der Waals surface area contributed by atoms with Crippen molar-refractivity contribution >= 4 is 144 Å². The van der Waals surface area contributed by atoms with Gasteiger partial charge in [-0.3, -0.25) is 0 Å². The fourth-order valence-electron chi connectivity index (χ4n) is 12.5. The van der Waals surface area contributed by atoms with Gasteiger partial charge >= 0.3 is 52.5 Å². The van der Waals surface area contributed by atoms with E-state index in [4.69, 9.17) is 59.7 Å². The number of carbonyl (C=O) groups excluding carboxylic acids is 3. The molecule has 0 spiro atoms. The van der Waals surface area contributed by atoms with Crippen LogP contribution in [0, 0.1) is 16.2 Å². The van der Waals surface area contributed by atoms with Crippen LogP contribution in [0.15, 0.2) is 211 Å². The van der Waals surface area contributed by atoms with Crippen molar-refractivity contribution < 1.29 is 106 Å². The molecule has 23 nitrogen and oxygen atoms in total. The summed E-state index contributed by atoms with van der Waals surface area (Å²) in [6.07, 6.45) is -13.0. The Morgan fingerprint density at radius 3 is 1.21 bits per heavy atom. The van der Waals surface area contributed by atoms with Gasteiger partial charge in [-0.1, -0.05) is 188 Å². The molecule has 5 N–H and O–H groups in total. The number of nitrogens with zero attached hydrogens (tertiary/aromatic N) is 5. The number of alkyl halides is 10. The second-order valence-electron chi connectivity index (χ2n) is 34.5. The van der Waals surface area contributed by atoms with Gasteiger partial charge in [-0.15, -0.1) is 62.2 Å². The van der Waals surface area contributed by atoms with Gasteiger partial charge in [0, 0.05) is 116 Å². The number of hydrogen-bond donors (Lipinski definition) is 4. The van der Waals surface area contributed by atoms with Crippen LogP contribution < -0.4 is 61.8 Å². The van der Waals surface area contributed by atoms with Crippen molar-refractivity contribution in [3.63, 3.8) is 0 Å². The number of fused-ring (bicyclic) bond motifs is 2. The number of carbonyl (C=O) groups is 2. The average molecular weight is 1990 g/mol. The highest BCUT2D eigenvalue weighted by Crippen LogP contribution is 2.36. The number of isocyanates is 1. The first kappa shape index (κ1) is 109. The van der Waals surface area contributed by atoms with E-state index in [0.717, 1.165) is 145 Å². The Bertz CT molecular complexity index is 5540. The number of aromatic nitrogens is 2. The fourth-order valence-corrected chi connectivity index (χ4v) is 14.9. The number of nitrogens with two attached hydrogens (primary N) is 1. The number of nitrogens with one attached hydrogen (secondary N) is 3. The monoisotopic (exact) mass is 1980 g/mol. The Kier molecular flexibility index (Phi) is 41.5. The van der Waals surface area contributed by atoms with Gasteiger partial charge in [-0.05, 0) is 188 Å². The number of amides is 4. The van der Waals surface area contributed by atoms with Crippen LogP contribution in [0.2, 0.25) is 4.47 Å². The molecule has 0 radical (unpaired) electrons. The van der Waals surface area contributed by atoms with Crippen molar-refractivity contribution in [3.05, 3.63) is 233 Å². The van der Waals surface area contributed by atoms with Gasteiger partial charge in [0.25, 0.3) is 0 Å². The lowest BCUT2D eigenvalue weighted by molar-refractivity contribution is -0.275. The molecular weight excluding hydrogens is 1870 g/mol. The van der Waals surface area contributed by atoms with E-state index in [1.54, 1.807) is 35.4 Å². The molecule has 11 aromatic rings. The van der Waals surface area contributed by atoms with E-state index in [1.165, 1.54) is 64.9 Å². The molecule has 0 unspecified atom stereocenters. The van der Waals surface area contributed by atoms with Crippen LogP contribution in [0.25, 0.3) is 31.0 Å². The Labute approximate surface area is 798 Å². The van der Waals surface area contributed by atoms with E-state index >= 15 is 0 Å². The summed E-state index contributed by atoms with van der Waals surface area (Å²) in [4.78, 5) is 51.0. The molecule has 3 aliphatic rings. The number of halogens is 11. The predicted octanol–water partition coefficient (Wildman–Crippen LogP) is 22.3. The van der Waals surface area contributed by atoms with Crippen LogP contribution in [0.3, 0.4) is 0 Å². The number of ether oxygens (including phenoxy) is 5. The lowest BCUT2D eigenvalue weighted by Crippen LogP contribution is -2.47. The molecule has 718 valence electrons. The SMILES string of the molecule is CC(C)N.CC(C)N(Cc1cccc(B2OCC(C)(C)CO2)c1)C(=O)Nc1ccc(OC(F)(F)F)cc1.CC(C)NCc1cccc(B2OCC(C)(C)CO2)c1.CC1(C)COB(c2cccc(CBr)c2)OC1.COc1ccc2nc(-c3cccc(CN(C(=O)Nc4ccc(OC(F)(F)F)cc4)C(C)C)c3)sc2c1.COc1ccc2nc(Cl)sc2c1.O=C=Nc1ccc(OC(F)(F)F)cc1. The van der Waals surface area contributed by atoms with Crippen molar-refractivity contribution in [1.29, 1.82) is 0 Å². The molecule has 39 heteroatoms. The summed E-state index contributed by atoms with van der Waals surface area (Å²) in [6.45, 7) is 34.3. The molecule has 5 heterocycles. The standard InChI is InChI=1S/C26H24F3N3O3S.C23H28BF3N2O4.C15H24BNO2.C12H16BBrO2.C8H6ClNOS.C8H4F3NO2.C3H9N/c1-16(2)32(25(33)30-19-7-9-20(10-8-19)35-26(27,28)29)15-17-5-4-6-18(13-17)24-31-22-12-11-21(34-3)14-23(22)36-24;1-16(2)29(21(30)28-19-8-10-20(11-9-19)33-23(25,26)27)13-17-6-5-7-18(12-17)24-31-14-22(3,4)15-32-24;1-12(2)17-9-13-6-5-7-14(8-13)16-18-10-15(3,4)11-19-16;1-12(2)8-15-13(16-9-12)11-5-3-4-10(6-11)7-14;1-11-5-2-3-6-7(4-5)12-8(9)10-6;9-8(10,11)14-7-3-1-6(2-4-7)12-5-13;1-3(2)4/h4-14,16H,15H2,1-3H3,(H,30,33);5-12,16H,13-15H2,1-4H3,(H,28,30);5-8,12,17H,9-11H2,1-4H3;3-6H,7-9H2,1-2H3;2-4H,1H3;1-4H;3H,4H2,1-2H3. The highest BCUT2D eigenvalue weighted by atomic mass is 79.9. The van der Waals surface area contributed by atoms with E-state index < -0.39 is 26.2 Å². The fraction of sp³-hybridized carbons (Fsp3) is 0.379. The maximum absolute atomic E-state index is 13.0. The van der Waals surface area contributed by atoms with E-state index in [1.807, 2.05) is 133 Å². The lowest BCUT2D eigenvalue weighted by atomic mass is 9.75. The zero-order chi connectivity index (χ0) is 98.3. The quantitative estimate of drug-likeness (QED) is 0.0162. The largest absolute Gasteiger partial charge is 0.573 e. The molecule has 0 atom stereocenters. The van der Waals surface area contributed by atoms with Gasteiger partial charge in [-0.25, -0.2) is 24.4 Å². The van der Waals surface area contributed by atoms with Crippen molar-refractivity contribution in [1.82, 2.24) is 25.1 Å². The number of urea groups is 2. The van der Waals surface area contributed by atoms with Crippen molar-refractivity contribution in [2.75, 3.05) is 64.5 Å². The summed E-state index contributed by atoms with van der Waals surface area (Å²) >= 11 is 12.2. The number of anilines is 2. The molecule has 0 saturated carbocycles. The summed E-state index contributed by atoms with van der Waals surface area (Å²) < 4.78 is 168. The van der Waals surface area contributed by atoms with Crippen LogP contribution in [0.5, 0.6) is 28.7 Å². The molecule has 9 aromatic carbocycles. The van der Waals surface area contributed by atoms with Gasteiger partial charge in [0.1, 0.15) is 33.8 Å². The van der Waals surface area contributed by atoms with E-state index in [0.29, 0.717) is 54.2 Å². The highest BCUT2D eigenvalue weighted by molar-refractivity contribution is 9.08. The van der Waals surface area contributed by atoms with Crippen LogP contribution >= 0.6 is 50.2 Å². The van der Waals surface area contributed by atoms with Gasteiger partial charge < -0.3 is 83.1 Å². The molecule has 3 aliphatic heterocycles. The summed E-state index contributed by atoms with van der Waals surface area (Å²) in [5.74, 6) is 0.539. The minimum absolute atomic E-state index is 0.0300. The third kappa shape index (κ3) is 38.5. The number of benzene rings is 9. The van der Waals surface area contributed by atoms with Crippen molar-refractivity contribution in [2.45, 2.75) is 165 Å². The predicted molar refractivity (Wildman–Crippen MR) is 516 cm³/mol. The van der Waals surface area contributed by atoms with Crippen molar-refractivity contribution in [3.8, 4) is 39.3 Å². The van der Waals surface area contributed by atoms with E-state index in [-0.39, 0.29) is 77.6 Å². The second-order valence-corrected chi connectivity index (χ2v) is 37.8. The highest BCUT2D eigenvalue weighted by Gasteiger charge is 2.38. The first-order chi connectivity index (χ1) is 63.1. The number of rotatable bonds is 22. The maximum atomic E-state index is 13.0. The van der Waals surface area contributed by atoms with Crippen molar-refractivity contribution in [2.24, 2.45) is 27.0 Å². The smallest absolute Gasteiger partial charge is 0.497 e. The van der Waals surface area contributed by atoms with Gasteiger partial charge in [0.15, 0.2) is 4.47 Å². The summed E-state index contributed by atoms with van der Waals surface area (Å²) in [5, 5.41) is 10.6. The molecule has 3 fully saturated rings. The summed E-state index contributed by atoms with van der Waals surface area (Å²) in [6, 6.07) is 58.1. The molecule has 14 rings (SSSR count). The zero-order valence-corrected chi connectivity index (χ0v) is 81.2. The Balaban J connectivity index is 0.000000205. The third-order valence-electron chi connectivity index (χ3n) is 19.0. The Morgan fingerprint density at radius 1 is 0.493 bits per heavy atom. The van der Waals surface area contributed by atoms with Gasteiger partial charge in [0.05, 0.1) is 40.3 Å². The second kappa shape index (κ2) is 51.0. The minimum atomic E-state index is -4.77. The first-order valence-corrected chi connectivity index (χ1v) is 45.7. The molecule has 4 amide bonds. The van der Waals surface area contributed by atoms with Crippen LogP contribution in [0.4, 0.5) is 66.2 Å². The van der Waals surface area contributed by atoms with Gasteiger partial charge in [0.2, 0.25) is 6.08 Å². The molecule has 2 aromatic heterocycles. The topological polar surface area (TPSA) is 259 Å². The normalized spacial score (nSPS) is 14.4.